The van der Waals surface area contributed by atoms with Gasteiger partial charge in [-0.15, -0.1) is 0 Å². The first kappa shape index (κ1) is 13.8. The SMILES string of the molecule is CCc1nc2c(C(=O)O)cccc2n1Cc1cscc1C. The molecule has 21 heavy (non-hydrogen) atoms. The highest BCUT2D eigenvalue weighted by atomic mass is 32.1. The maximum absolute atomic E-state index is 11.3. The number of aromatic carboxylic acids is 1. The Kier molecular flexibility index (Phi) is 3.51. The van der Waals surface area contributed by atoms with Crippen LogP contribution < -0.4 is 0 Å². The van der Waals surface area contributed by atoms with Crippen molar-refractivity contribution < 1.29 is 9.90 Å². The molecule has 4 nitrogen and oxygen atoms in total. The molecule has 108 valence electrons. The maximum Gasteiger partial charge on any atom is 0.337 e. The zero-order valence-electron chi connectivity index (χ0n) is 12.0. The molecule has 0 unspecified atom stereocenters. The highest BCUT2D eigenvalue weighted by Crippen LogP contribution is 2.24. The first-order valence-electron chi connectivity index (χ1n) is 6.85. The van der Waals surface area contributed by atoms with Crippen LogP contribution in [0.4, 0.5) is 0 Å². The van der Waals surface area contributed by atoms with Gasteiger partial charge >= 0.3 is 5.97 Å². The van der Waals surface area contributed by atoms with E-state index in [1.54, 1.807) is 23.5 Å². The normalized spacial score (nSPS) is 11.1. The molecule has 0 aliphatic rings. The average molecular weight is 300 g/mol. The Balaban J connectivity index is 2.19. The predicted octanol–water partition coefficient (Wildman–Crippen LogP) is 3.72. The van der Waals surface area contributed by atoms with E-state index in [0.29, 0.717) is 5.52 Å². The van der Waals surface area contributed by atoms with Gasteiger partial charge in [0.2, 0.25) is 0 Å². The zero-order valence-corrected chi connectivity index (χ0v) is 12.8. The number of imidazole rings is 1. The summed E-state index contributed by atoms with van der Waals surface area (Å²) in [5.41, 5.74) is 4.25. The molecule has 0 aliphatic carbocycles. The molecular weight excluding hydrogens is 284 g/mol. The molecular formula is C16H16N2O2S. The summed E-state index contributed by atoms with van der Waals surface area (Å²) in [4.78, 5) is 15.9. The quantitative estimate of drug-likeness (QED) is 0.799. The Morgan fingerprint density at radius 1 is 1.38 bits per heavy atom. The molecule has 2 aromatic heterocycles. The minimum absolute atomic E-state index is 0.267. The van der Waals surface area contributed by atoms with E-state index < -0.39 is 5.97 Å². The lowest BCUT2D eigenvalue weighted by atomic mass is 10.2. The Hall–Kier alpha value is -2.14. The monoisotopic (exact) mass is 300 g/mol. The van der Waals surface area contributed by atoms with Crippen molar-refractivity contribution >= 4 is 28.3 Å². The van der Waals surface area contributed by atoms with Gasteiger partial charge in [-0.1, -0.05) is 13.0 Å². The predicted molar refractivity (Wildman–Crippen MR) is 84.2 cm³/mol. The third kappa shape index (κ3) is 2.34. The summed E-state index contributed by atoms with van der Waals surface area (Å²) in [6, 6.07) is 5.33. The van der Waals surface area contributed by atoms with Crippen molar-refractivity contribution in [3.63, 3.8) is 0 Å². The molecule has 0 atom stereocenters. The fraction of sp³-hybridized carbons (Fsp3) is 0.250. The number of carbonyl (C=O) groups is 1. The van der Waals surface area contributed by atoms with Crippen LogP contribution in [0.2, 0.25) is 0 Å². The lowest BCUT2D eigenvalue weighted by Crippen LogP contribution is -2.04. The van der Waals surface area contributed by atoms with Crippen molar-refractivity contribution in [1.82, 2.24) is 9.55 Å². The van der Waals surface area contributed by atoms with Gasteiger partial charge in [0.25, 0.3) is 0 Å². The number of fused-ring (bicyclic) bond motifs is 1. The van der Waals surface area contributed by atoms with Gasteiger partial charge in [-0.3, -0.25) is 0 Å². The number of hydrogen-bond acceptors (Lipinski definition) is 3. The number of aromatic nitrogens is 2. The summed E-state index contributed by atoms with van der Waals surface area (Å²) in [6.45, 7) is 4.87. The van der Waals surface area contributed by atoms with Gasteiger partial charge in [0.1, 0.15) is 11.3 Å². The maximum atomic E-state index is 11.3. The van der Waals surface area contributed by atoms with E-state index in [4.69, 9.17) is 0 Å². The molecule has 0 amide bonds. The Morgan fingerprint density at radius 2 is 2.19 bits per heavy atom. The number of rotatable bonds is 4. The number of aryl methyl sites for hydroxylation is 2. The summed E-state index contributed by atoms with van der Waals surface area (Å²) in [6.07, 6.45) is 0.775. The minimum Gasteiger partial charge on any atom is -0.478 e. The van der Waals surface area contributed by atoms with Crippen molar-refractivity contribution in [2.24, 2.45) is 0 Å². The van der Waals surface area contributed by atoms with Crippen molar-refractivity contribution in [2.45, 2.75) is 26.8 Å². The van der Waals surface area contributed by atoms with Crippen LogP contribution >= 0.6 is 11.3 Å². The van der Waals surface area contributed by atoms with Crippen LogP contribution in [0.3, 0.4) is 0 Å². The van der Waals surface area contributed by atoms with Crippen molar-refractivity contribution in [1.29, 1.82) is 0 Å². The smallest absolute Gasteiger partial charge is 0.337 e. The number of nitrogens with zero attached hydrogens (tertiary/aromatic N) is 2. The number of para-hydroxylation sites is 1. The number of carboxylic acids is 1. The average Bonchev–Trinajstić information content (AvgIpc) is 3.03. The Morgan fingerprint density at radius 3 is 2.81 bits per heavy atom. The molecule has 3 rings (SSSR count). The third-order valence-corrected chi connectivity index (χ3v) is 4.60. The second kappa shape index (κ2) is 5.33. The summed E-state index contributed by atoms with van der Waals surface area (Å²) in [5.74, 6) is -0.0103. The van der Waals surface area contributed by atoms with Crippen LogP contribution in [0, 0.1) is 6.92 Å². The lowest BCUT2D eigenvalue weighted by molar-refractivity contribution is 0.0699. The summed E-state index contributed by atoms with van der Waals surface area (Å²) in [7, 11) is 0. The van der Waals surface area contributed by atoms with Gasteiger partial charge in [0.15, 0.2) is 0 Å². The molecule has 0 spiro atoms. The van der Waals surface area contributed by atoms with Crippen LogP contribution in [0.1, 0.15) is 34.2 Å². The molecule has 0 fully saturated rings. The van der Waals surface area contributed by atoms with Crippen molar-refractivity contribution in [3.05, 3.63) is 51.5 Å². The molecule has 1 aromatic carbocycles. The molecule has 0 bridgehead atoms. The van der Waals surface area contributed by atoms with E-state index in [0.717, 1.165) is 24.3 Å². The van der Waals surface area contributed by atoms with Crippen molar-refractivity contribution in [2.75, 3.05) is 0 Å². The largest absolute Gasteiger partial charge is 0.478 e. The van der Waals surface area contributed by atoms with E-state index in [1.807, 2.05) is 13.0 Å². The number of carboxylic acid groups (broad SMARTS) is 1. The van der Waals surface area contributed by atoms with Crippen LogP contribution in [0.25, 0.3) is 11.0 Å². The van der Waals surface area contributed by atoms with Gasteiger partial charge < -0.3 is 9.67 Å². The Bertz CT molecular complexity index is 817. The molecule has 2 heterocycles. The second-order valence-electron chi connectivity index (χ2n) is 5.03. The number of benzene rings is 1. The fourth-order valence-electron chi connectivity index (χ4n) is 2.53. The van der Waals surface area contributed by atoms with Crippen LogP contribution in [0.5, 0.6) is 0 Å². The highest BCUT2D eigenvalue weighted by Gasteiger charge is 2.16. The first-order chi connectivity index (χ1) is 10.1. The molecule has 5 heteroatoms. The Labute approximate surface area is 126 Å². The van der Waals surface area contributed by atoms with Gasteiger partial charge in [-0.2, -0.15) is 11.3 Å². The molecule has 0 radical (unpaired) electrons. The van der Waals surface area contributed by atoms with E-state index >= 15 is 0 Å². The zero-order chi connectivity index (χ0) is 15.0. The van der Waals surface area contributed by atoms with Crippen LogP contribution in [-0.4, -0.2) is 20.6 Å². The summed E-state index contributed by atoms with van der Waals surface area (Å²) >= 11 is 1.69. The molecule has 1 N–H and O–H groups in total. The topological polar surface area (TPSA) is 55.1 Å². The van der Waals surface area contributed by atoms with E-state index in [2.05, 4.69) is 27.2 Å². The molecule has 0 aliphatic heterocycles. The third-order valence-electron chi connectivity index (χ3n) is 3.69. The lowest BCUT2D eigenvalue weighted by Gasteiger charge is -2.08. The van der Waals surface area contributed by atoms with Crippen LogP contribution in [0.15, 0.2) is 29.0 Å². The van der Waals surface area contributed by atoms with Gasteiger partial charge in [0.05, 0.1) is 17.6 Å². The van der Waals surface area contributed by atoms with Gasteiger partial charge in [-0.25, -0.2) is 9.78 Å². The molecule has 3 aromatic rings. The summed E-state index contributed by atoms with van der Waals surface area (Å²) < 4.78 is 2.12. The minimum atomic E-state index is -0.931. The summed E-state index contributed by atoms with van der Waals surface area (Å²) in [5, 5.41) is 13.6. The van der Waals surface area contributed by atoms with Crippen molar-refractivity contribution in [3.8, 4) is 0 Å². The standard InChI is InChI=1S/C16H16N2O2S/c1-3-14-17-15-12(16(19)20)5-4-6-13(15)18(14)7-11-9-21-8-10(11)2/h4-6,8-9H,3,7H2,1-2H3,(H,19,20). The number of hydrogen-bond donors (Lipinski definition) is 1. The molecule has 0 saturated carbocycles. The van der Waals surface area contributed by atoms with Gasteiger partial charge in [-0.05, 0) is 40.9 Å². The van der Waals surface area contributed by atoms with E-state index in [9.17, 15) is 9.90 Å². The molecule has 0 saturated heterocycles. The van der Waals surface area contributed by atoms with Gasteiger partial charge in [0, 0.05) is 6.42 Å². The number of thiophene rings is 1. The highest BCUT2D eigenvalue weighted by molar-refractivity contribution is 7.08. The first-order valence-corrected chi connectivity index (χ1v) is 7.79. The van der Waals surface area contributed by atoms with Crippen LogP contribution in [-0.2, 0) is 13.0 Å². The fourth-order valence-corrected chi connectivity index (χ4v) is 3.38. The van der Waals surface area contributed by atoms with E-state index in [-0.39, 0.29) is 5.56 Å². The second-order valence-corrected chi connectivity index (χ2v) is 5.77. The van der Waals surface area contributed by atoms with E-state index in [1.165, 1.54) is 11.1 Å².